The summed E-state index contributed by atoms with van der Waals surface area (Å²) in [5, 5.41) is 3.40. The Morgan fingerprint density at radius 3 is 2.38 bits per heavy atom. The first-order valence-electron chi connectivity index (χ1n) is 5.85. The van der Waals surface area contributed by atoms with Crippen molar-refractivity contribution in [1.82, 2.24) is 10.2 Å². The van der Waals surface area contributed by atoms with Crippen LogP contribution in [0.4, 0.5) is 0 Å². The molecular weight excluding hydrogens is 226 g/mol. The smallest absolute Gasteiger partial charge is 0.239 e. The molecule has 0 aromatic carbocycles. The van der Waals surface area contributed by atoms with Crippen molar-refractivity contribution < 1.29 is 4.79 Å². The number of rotatable bonds is 3. The fraction of sp³-hybridized carbons (Fsp3) is 0.909. The Hall–Kier alpha value is -0.320. The van der Waals surface area contributed by atoms with Crippen LogP contribution in [-0.4, -0.2) is 42.0 Å². The molecule has 3 N–H and O–H groups in total. The van der Waals surface area contributed by atoms with Gasteiger partial charge in [-0.15, -0.1) is 12.4 Å². The number of hydrogen-bond donors (Lipinski definition) is 2. The van der Waals surface area contributed by atoms with E-state index in [2.05, 4.69) is 26.1 Å². The highest BCUT2D eigenvalue weighted by atomic mass is 35.5. The minimum atomic E-state index is -0.313. The normalized spacial score (nSPS) is 27.1. The predicted octanol–water partition coefficient (Wildman–Crippen LogP) is 0.744. The molecule has 1 fully saturated rings. The first kappa shape index (κ1) is 15.7. The summed E-state index contributed by atoms with van der Waals surface area (Å²) in [5.41, 5.74) is 5.84. The van der Waals surface area contributed by atoms with E-state index in [1.54, 1.807) is 0 Å². The third-order valence-corrected chi connectivity index (χ3v) is 2.79. The van der Waals surface area contributed by atoms with E-state index in [4.69, 9.17) is 5.73 Å². The van der Waals surface area contributed by atoms with E-state index >= 15 is 0 Å². The van der Waals surface area contributed by atoms with Gasteiger partial charge in [-0.3, -0.25) is 4.79 Å². The molecule has 1 aliphatic rings. The van der Waals surface area contributed by atoms with Crippen molar-refractivity contribution in [3.63, 3.8) is 0 Å². The molecule has 0 radical (unpaired) electrons. The zero-order valence-corrected chi connectivity index (χ0v) is 11.2. The lowest BCUT2D eigenvalue weighted by Crippen LogP contribution is -2.58. The van der Waals surface area contributed by atoms with Crippen LogP contribution >= 0.6 is 12.4 Å². The molecule has 0 aromatic rings. The van der Waals surface area contributed by atoms with Crippen LogP contribution in [-0.2, 0) is 4.79 Å². The predicted molar refractivity (Wildman–Crippen MR) is 68.8 cm³/mol. The van der Waals surface area contributed by atoms with E-state index in [0.29, 0.717) is 12.1 Å². The summed E-state index contributed by atoms with van der Waals surface area (Å²) in [7, 11) is 0. The van der Waals surface area contributed by atoms with E-state index in [0.717, 1.165) is 25.9 Å². The first-order chi connectivity index (χ1) is 7.04. The van der Waals surface area contributed by atoms with Crippen molar-refractivity contribution in [2.24, 2.45) is 5.73 Å². The summed E-state index contributed by atoms with van der Waals surface area (Å²) in [6.45, 7) is 7.81. The molecule has 1 saturated heterocycles. The quantitative estimate of drug-likeness (QED) is 0.776. The number of nitrogens with zero attached hydrogens (tertiary/aromatic N) is 1. The van der Waals surface area contributed by atoms with Crippen molar-refractivity contribution in [2.75, 3.05) is 13.1 Å². The van der Waals surface area contributed by atoms with Gasteiger partial charge in [-0.05, 0) is 20.3 Å². The zero-order chi connectivity index (χ0) is 11.4. The van der Waals surface area contributed by atoms with Crippen molar-refractivity contribution in [3.8, 4) is 0 Å². The minimum Gasteiger partial charge on any atom is -0.338 e. The first-order valence-corrected chi connectivity index (χ1v) is 5.85. The van der Waals surface area contributed by atoms with Crippen LogP contribution in [0.5, 0.6) is 0 Å². The van der Waals surface area contributed by atoms with Crippen molar-refractivity contribution in [2.45, 2.75) is 51.7 Å². The lowest BCUT2D eigenvalue weighted by molar-refractivity contribution is -0.134. The maximum Gasteiger partial charge on any atom is 0.239 e. The van der Waals surface area contributed by atoms with Crippen LogP contribution in [0.1, 0.15) is 33.6 Å². The Morgan fingerprint density at radius 1 is 1.44 bits per heavy atom. The summed E-state index contributed by atoms with van der Waals surface area (Å²) in [4.78, 5) is 13.8. The lowest BCUT2D eigenvalue weighted by atomic mass is 10.1. The van der Waals surface area contributed by atoms with Gasteiger partial charge in [0, 0.05) is 25.2 Å². The average Bonchev–Trinajstić information content (AvgIpc) is 2.15. The molecule has 0 aliphatic carbocycles. The standard InChI is InChI=1S/C11H23N3O.ClH/c1-4-5-10(12)11(15)14-6-8(2)13-9(3)7-14;/h8-10,13H,4-7,12H2,1-3H3;1H. The fourth-order valence-electron chi connectivity index (χ4n) is 2.18. The molecule has 0 saturated carbocycles. The zero-order valence-electron chi connectivity index (χ0n) is 10.4. The Kier molecular flexibility index (Phi) is 6.95. The molecule has 0 aromatic heterocycles. The topological polar surface area (TPSA) is 58.4 Å². The number of piperazine rings is 1. The molecule has 3 unspecified atom stereocenters. The number of nitrogens with two attached hydrogens (primary N) is 1. The van der Waals surface area contributed by atoms with Gasteiger partial charge in [-0.2, -0.15) is 0 Å². The number of hydrogen-bond acceptors (Lipinski definition) is 3. The van der Waals surface area contributed by atoms with Crippen LogP contribution < -0.4 is 11.1 Å². The Balaban J connectivity index is 0.00000225. The number of carbonyl (C=O) groups excluding carboxylic acids is 1. The van der Waals surface area contributed by atoms with Gasteiger partial charge in [0.15, 0.2) is 0 Å². The van der Waals surface area contributed by atoms with Crippen molar-refractivity contribution in [3.05, 3.63) is 0 Å². The highest BCUT2D eigenvalue weighted by Crippen LogP contribution is 2.07. The fourth-order valence-corrected chi connectivity index (χ4v) is 2.18. The molecule has 0 bridgehead atoms. The SMILES string of the molecule is CCCC(N)C(=O)N1CC(C)NC(C)C1.Cl. The van der Waals surface area contributed by atoms with E-state index in [9.17, 15) is 4.79 Å². The Bertz CT molecular complexity index is 215. The average molecular weight is 250 g/mol. The molecule has 1 aliphatic heterocycles. The monoisotopic (exact) mass is 249 g/mol. The summed E-state index contributed by atoms with van der Waals surface area (Å²) < 4.78 is 0. The van der Waals surface area contributed by atoms with Crippen LogP contribution in [0, 0.1) is 0 Å². The van der Waals surface area contributed by atoms with Gasteiger partial charge in [0.05, 0.1) is 6.04 Å². The minimum absolute atomic E-state index is 0. The molecule has 1 rings (SSSR count). The van der Waals surface area contributed by atoms with E-state index < -0.39 is 0 Å². The molecule has 4 nitrogen and oxygen atoms in total. The number of nitrogens with one attached hydrogen (secondary N) is 1. The third kappa shape index (κ3) is 4.28. The number of amides is 1. The Morgan fingerprint density at radius 2 is 1.94 bits per heavy atom. The third-order valence-electron chi connectivity index (χ3n) is 2.79. The Labute approximate surface area is 104 Å². The molecule has 16 heavy (non-hydrogen) atoms. The van der Waals surface area contributed by atoms with Gasteiger partial charge in [0.1, 0.15) is 0 Å². The van der Waals surface area contributed by atoms with Crippen molar-refractivity contribution >= 4 is 18.3 Å². The van der Waals surface area contributed by atoms with Crippen LogP contribution in [0.15, 0.2) is 0 Å². The van der Waals surface area contributed by atoms with E-state index in [-0.39, 0.29) is 24.4 Å². The summed E-state index contributed by atoms with van der Waals surface area (Å²) in [6, 6.07) is 0.422. The second-order valence-corrected chi connectivity index (χ2v) is 4.61. The van der Waals surface area contributed by atoms with Gasteiger partial charge in [-0.1, -0.05) is 13.3 Å². The van der Waals surface area contributed by atoms with Crippen LogP contribution in [0.2, 0.25) is 0 Å². The largest absolute Gasteiger partial charge is 0.338 e. The second kappa shape index (κ2) is 7.09. The van der Waals surface area contributed by atoms with Gasteiger partial charge < -0.3 is 16.0 Å². The molecule has 1 amide bonds. The molecule has 3 atom stereocenters. The highest BCUT2D eigenvalue weighted by molar-refractivity contribution is 5.85. The maximum atomic E-state index is 12.0. The number of carbonyl (C=O) groups is 1. The van der Waals surface area contributed by atoms with Crippen LogP contribution in [0.3, 0.4) is 0 Å². The van der Waals surface area contributed by atoms with Gasteiger partial charge in [0.25, 0.3) is 0 Å². The lowest BCUT2D eigenvalue weighted by Gasteiger charge is -2.37. The van der Waals surface area contributed by atoms with Crippen molar-refractivity contribution in [1.29, 1.82) is 0 Å². The van der Waals surface area contributed by atoms with Crippen LogP contribution in [0.25, 0.3) is 0 Å². The summed E-state index contributed by atoms with van der Waals surface area (Å²) in [6.07, 6.45) is 1.75. The number of halogens is 1. The molecular formula is C11H24ClN3O. The highest BCUT2D eigenvalue weighted by Gasteiger charge is 2.27. The molecule has 1 heterocycles. The van der Waals surface area contributed by atoms with E-state index in [1.807, 2.05) is 4.90 Å². The molecule has 5 heteroatoms. The molecule has 96 valence electrons. The van der Waals surface area contributed by atoms with E-state index in [1.165, 1.54) is 0 Å². The summed E-state index contributed by atoms with van der Waals surface area (Å²) in [5.74, 6) is 0.108. The molecule has 0 spiro atoms. The summed E-state index contributed by atoms with van der Waals surface area (Å²) >= 11 is 0. The second-order valence-electron chi connectivity index (χ2n) is 4.61. The van der Waals surface area contributed by atoms with Gasteiger partial charge in [-0.25, -0.2) is 0 Å². The van der Waals surface area contributed by atoms with Gasteiger partial charge in [0.2, 0.25) is 5.91 Å². The maximum absolute atomic E-state index is 12.0. The van der Waals surface area contributed by atoms with Gasteiger partial charge >= 0.3 is 0 Å².